The topological polar surface area (TPSA) is 55.8 Å². The maximum absolute atomic E-state index is 13.0. The molecule has 0 atom stereocenters. The predicted octanol–water partition coefficient (Wildman–Crippen LogP) is 2.47. The Kier molecular flexibility index (Phi) is 2.23. The van der Waals surface area contributed by atoms with Crippen LogP contribution in [0.15, 0.2) is 12.1 Å². The Bertz CT molecular complexity index is 523. The number of carbonyl (C=O) groups is 1. The molecule has 2 aliphatic rings. The molecule has 0 amide bonds. The lowest BCUT2D eigenvalue weighted by molar-refractivity contribution is -0.140. The van der Waals surface area contributed by atoms with Crippen molar-refractivity contribution >= 4 is 5.97 Å². The molecule has 0 spiro atoms. The largest absolute Gasteiger partial charge is 0.481 e. The third-order valence-corrected chi connectivity index (χ3v) is 3.45. The second kappa shape index (κ2) is 3.57. The molecule has 4 nitrogen and oxygen atoms in total. The summed E-state index contributed by atoms with van der Waals surface area (Å²) < 4.78 is 36.2. The number of alkyl halides is 2. The summed E-state index contributed by atoms with van der Waals surface area (Å²) in [6.07, 6.45) is -1.98. The third-order valence-electron chi connectivity index (χ3n) is 3.45. The molecule has 1 aliphatic heterocycles. The average Bonchev–Trinajstić information content (AvgIpc) is 3.01. The van der Waals surface area contributed by atoms with Crippen molar-refractivity contribution in [3.8, 4) is 11.5 Å². The first-order valence-electron chi connectivity index (χ1n) is 5.50. The minimum absolute atomic E-state index is 0.0263. The number of hydrogen-bond donors (Lipinski definition) is 1. The molecule has 3 rings (SSSR count). The van der Waals surface area contributed by atoms with Gasteiger partial charge < -0.3 is 14.6 Å². The zero-order valence-corrected chi connectivity index (χ0v) is 9.28. The van der Waals surface area contributed by atoms with Crippen LogP contribution in [0.5, 0.6) is 11.5 Å². The summed E-state index contributed by atoms with van der Waals surface area (Å²) in [6, 6.07) is 2.57. The van der Waals surface area contributed by atoms with Crippen LogP contribution in [0.4, 0.5) is 8.78 Å². The van der Waals surface area contributed by atoms with Crippen molar-refractivity contribution in [1.82, 2.24) is 0 Å². The molecule has 18 heavy (non-hydrogen) atoms. The normalized spacial score (nSPS) is 19.1. The summed E-state index contributed by atoms with van der Waals surface area (Å²) in [6.45, 7) is -0.0263. The maximum atomic E-state index is 13.0. The van der Waals surface area contributed by atoms with E-state index in [1.165, 1.54) is 12.1 Å². The molecule has 0 unspecified atom stereocenters. The van der Waals surface area contributed by atoms with E-state index in [1.807, 2.05) is 0 Å². The fourth-order valence-corrected chi connectivity index (χ4v) is 2.28. The van der Waals surface area contributed by atoms with Gasteiger partial charge in [0, 0.05) is 5.56 Å². The van der Waals surface area contributed by atoms with Gasteiger partial charge in [-0.1, -0.05) is 0 Å². The van der Waals surface area contributed by atoms with E-state index in [2.05, 4.69) is 0 Å². The van der Waals surface area contributed by atoms with Crippen LogP contribution in [0.25, 0.3) is 0 Å². The number of halogens is 2. The molecule has 0 aromatic heterocycles. The molecule has 0 radical (unpaired) electrons. The van der Waals surface area contributed by atoms with Crippen molar-refractivity contribution < 1.29 is 28.2 Å². The zero-order valence-electron chi connectivity index (χ0n) is 9.28. The second-order valence-electron chi connectivity index (χ2n) is 4.48. The lowest BCUT2D eigenvalue weighted by Gasteiger charge is -2.16. The fraction of sp³-hybridized carbons (Fsp3) is 0.417. The first-order chi connectivity index (χ1) is 8.54. The first kappa shape index (κ1) is 11.3. The zero-order chi connectivity index (χ0) is 12.9. The molecule has 0 saturated heterocycles. The lowest BCUT2D eigenvalue weighted by Crippen LogP contribution is -2.21. The van der Waals surface area contributed by atoms with Gasteiger partial charge in [0.15, 0.2) is 11.5 Å². The van der Waals surface area contributed by atoms with Crippen LogP contribution in [0.2, 0.25) is 0 Å². The highest BCUT2D eigenvalue weighted by Crippen LogP contribution is 2.53. The van der Waals surface area contributed by atoms with E-state index in [1.54, 1.807) is 0 Å². The van der Waals surface area contributed by atoms with Gasteiger partial charge >= 0.3 is 5.97 Å². The van der Waals surface area contributed by atoms with Crippen LogP contribution in [-0.4, -0.2) is 17.9 Å². The molecule has 1 N–H and O–H groups in total. The van der Waals surface area contributed by atoms with E-state index in [9.17, 15) is 18.7 Å². The monoisotopic (exact) mass is 256 g/mol. The van der Waals surface area contributed by atoms with Crippen molar-refractivity contribution in [2.24, 2.45) is 0 Å². The highest BCUT2D eigenvalue weighted by molar-refractivity contribution is 5.86. The lowest BCUT2D eigenvalue weighted by atomic mass is 9.91. The minimum Gasteiger partial charge on any atom is -0.481 e. The van der Waals surface area contributed by atoms with Crippen LogP contribution in [0.3, 0.4) is 0 Å². The Morgan fingerprint density at radius 2 is 1.89 bits per heavy atom. The fourth-order valence-electron chi connectivity index (χ4n) is 2.28. The van der Waals surface area contributed by atoms with Gasteiger partial charge in [0.05, 0.1) is 5.41 Å². The van der Waals surface area contributed by atoms with E-state index in [0.29, 0.717) is 18.6 Å². The molecule has 1 aromatic carbocycles. The maximum Gasteiger partial charge on any atom is 0.314 e. The van der Waals surface area contributed by atoms with Crippen LogP contribution in [0, 0.1) is 0 Å². The first-order valence-corrected chi connectivity index (χ1v) is 5.50. The smallest absolute Gasteiger partial charge is 0.314 e. The van der Waals surface area contributed by atoms with Gasteiger partial charge in [-0.3, -0.25) is 4.79 Å². The van der Waals surface area contributed by atoms with Gasteiger partial charge in [-0.05, 0) is 30.5 Å². The number of carboxylic acids is 1. The Morgan fingerprint density at radius 1 is 1.28 bits per heavy atom. The Labute approximate surface area is 101 Å². The molecule has 1 heterocycles. The minimum atomic E-state index is -2.73. The van der Waals surface area contributed by atoms with Crippen LogP contribution in [-0.2, 0) is 10.2 Å². The highest BCUT2D eigenvalue weighted by Gasteiger charge is 2.54. The van der Waals surface area contributed by atoms with Crippen LogP contribution in [0.1, 0.15) is 30.4 Å². The predicted molar refractivity (Wildman–Crippen MR) is 56.1 cm³/mol. The van der Waals surface area contributed by atoms with Crippen molar-refractivity contribution in [2.45, 2.75) is 24.7 Å². The van der Waals surface area contributed by atoms with Crippen molar-refractivity contribution in [3.63, 3.8) is 0 Å². The van der Waals surface area contributed by atoms with Gasteiger partial charge in [0.1, 0.15) is 0 Å². The molecule has 1 fully saturated rings. The highest BCUT2D eigenvalue weighted by atomic mass is 19.3. The molecule has 1 aliphatic carbocycles. The number of carboxylic acid groups (broad SMARTS) is 1. The Balaban J connectivity index is 2.16. The van der Waals surface area contributed by atoms with Gasteiger partial charge in [-0.15, -0.1) is 0 Å². The van der Waals surface area contributed by atoms with E-state index in [-0.39, 0.29) is 23.7 Å². The van der Waals surface area contributed by atoms with Gasteiger partial charge in [-0.25, -0.2) is 8.78 Å². The van der Waals surface area contributed by atoms with E-state index < -0.39 is 17.8 Å². The summed E-state index contributed by atoms with van der Waals surface area (Å²) in [4.78, 5) is 11.2. The standard InChI is InChI=1S/C12H10F2O4/c13-10(14)6-3-8-9(18-5-17-8)4-7(6)12(1-2-12)11(15)16/h3-4,10H,1-2,5H2,(H,15,16). The second-order valence-corrected chi connectivity index (χ2v) is 4.48. The van der Waals surface area contributed by atoms with Crippen molar-refractivity contribution in [1.29, 1.82) is 0 Å². The summed E-state index contributed by atoms with van der Waals surface area (Å²) >= 11 is 0. The molecular weight excluding hydrogens is 246 g/mol. The number of hydrogen-bond acceptors (Lipinski definition) is 3. The number of ether oxygens (including phenoxy) is 2. The Morgan fingerprint density at radius 3 is 2.39 bits per heavy atom. The third kappa shape index (κ3) is 1.45. The molecule has 1 aromatic rings. The number of benzene rings is 1. The van der Waals surface area contributed by atoms with Gasteiger partial charge in [0.2, 0.25) is 6.79 Å². The number of rotatable bonds is 3. The molecule has 6 heteroatoms. The summed E-state index contributed by atoms with van der Waals surface area (Å²) in [5, 5.41) is 9.19. The SMILES string of the molecule is O=C(O)C1(c2cc3c(cc2C(F)F)OCO3)CC1. The van der Waals surface area contributed by atoms with Crippen molar-refractivity contribution in [2.75, 3.05) is 6.79 Å². The van der Waals surface area contributed by atoms with Crippen LogP contribution < -0.4 is 9.47 Å². The van der Waals surface area contributed by atoms with Gasteiger partial charge in [0.25, 0.3) is 6.43 Å². The number of fused-ring (bicyclic) bond motifs is 1. The molecule has 0 bridgehead atoms. The molecule has 1 saturated carbocycles. The summed E-state index contributed by atoms with van der Waals surface area (Å²) in [7, 11) is 0. The molecular formula is C12H10F2O4. The van der Waals surface area contributed by atoms with E-state index in [4.69, 9.17) is 9.47 Å². The Hall–Kier alpha value is -1.85. The quantitative estimate of drug-likeness (QED) is 0.902. The summed E-state index contributed by atoms with van der Waals surface area (Å²) in [5.74, 6) is -0.486. The van der Waals surface area contributed by atoms with E-state index in [0.717, 1.165) is 0 Å². The summed E-state index contributed by atoms with van der Waals surface area (Å²) in [5.41, 5.74) is -1.30. The number of aliphatic carboxylic acids is 1. The van der Waals surface area contributed by atoms with E-state index >= 15 is 0 Å². The van der Waals surface area contributed by atoms with Gasteiger partial charge in [-0.2, -0.15) is 0 Å². The van der Waals surface area contributed by atoms with Crippen LogP contribution >= 0.6 is 0 Å². The average molecular weight is 256 g/mol. The molecule has 96 valence electrons. The van der Waals surface area contributed by atoms with Crippen molar-refractivity contribution in [3.05, 3.63) is 23.3 Å².